The van der Waals surface area contributed by atoms with Gasteiger partial charge in [-0.1, -0.05) is 6.42 Å². The Balaban J connectivity index is 1.69. The van der Waals surface area contributed by atoms with Crippen LogP contribution in [0, 0.1) is 0 Å². The minimum atomic E-state index is 1.02. The molecule has 1 fully saturated rings. The second-order valence-corrected chi connectivity index (χ2v) is 5.83. The lowest BCUT2D eigenvalue weighted by molar-refractivity contribution is 0.231. The van der Waals surface area contributed by atoms with E-state index in [0.29, 0.717) is 0 Å². The molecule has 0 unspecified atom stereocenters. The molecule has 0 amide bonds. The van der Waals surface area contributed by atoms with E-state index in [2.05, 4.69) is 42.6 Å². The average Bonchev–Trinajstić information content (AvgIpc) is 2.82. The van der Waals surface area contributed by atoms with Crippen LogP contribution >= 0.6 is 15.9 Å². The van der Waals surface area contributed by atoms with Gasteiger partial charge in [-0.2, -0.15) is 0 Å². The van der Waals surface area contributed by atoms with Crippen LogP contribution in [-0.4, -0.2) is 33.9 Å². The van der Waals surface area contributed by atoms with Crippen molar-refractivity contribution in [1.82, 2.24) is 14.3 Å². The summed E-state index contributed by atoms with van der Waals surface area (Å²) in [7, 11) is 0. The number of likely N-dealkylation sites (tertiary alicyclic amines) is 1. The Kier molecular flexibility index (Phi) is 3.66. The highest BCUT2D eigenvalue weighted by atomic mass is 79.9. The van der Waals surface area contributed by atoms with Gasteiger partial charge in [0, 0.05) is 25.4 Å². The molecular formula is C14H18BrN3. The molecule has 0 N–H and O–H groups in total. The van der Waals surface area contributed by atoms with E-state index in [0.717, 1.165) is 23.1 Å². The largest absolute Gasteiger partial charge is 0.306 e. The summed E-state index contributed by atoms with van der Waals surface area (Å²) in [6, 6.07) is 4.07. The molecule has 0 bridgehead atoms. The molecule has 0 saturated carbocycles. The van der Waals surface area contributed by atoms with Gasteiger partial charge < -0.3 is 9.30 Å². The van der Waals surface area contributed by atoms with Crippen molar-refractivity contribution >= 4 is 21.6 Å². The van der Waals surface area contributed by atoms with Gasteiger partial charge in [0.05, 0.1) is 10.2 Å². The SMILES string of the molecule is Brc1cccn2cc(CCN3CCCCC3)nc12. The van der Waals surface area contributed by atoms with E-state index >= 15 is 0 Å². The number of fused-ring (bicyclic) bond motifs is 1. The number of imidazole rings is 1. The van der Waals surface area contributed by atoms with Crippen LogP contribution in [0.4, 0.5) is 0 Å². The molecule has 0 aromatic carbocycles. The third-order valence-electron chi connectivity index (χ3n) is 3.62. The lowest BCUT2D eigenvalue weighted by Gasteiger charge is -2.25. The molecule has 0 radical (unpaired) electrons. The van der Waals surface area contributed by atoms with Crippen molar-refractivity contribution < 1.29 is 0 Å². The van der Waals surface area contributed by atoms with E-state index < -0.39 is 0 Å². The van der Waals surface area contributed by atoms with Crippen molar-refractivity contribution in [3.63, 3.8) is 0 Å². The maximum Gasteiger partial charge on any atom is 0.151 e. The first-order chi connectivity index (χ1) is 8.83. The molecule has 3 heterocycles. The number of hydrogen-bond acceptors (Lipinski definition) is 2. The van der Waals surface area contributed by atoms with Gasteiger partial charge in [0.1, 0.15) is 0 Å². The number of nitrogens with zero attached hydrogens (tertiary/aromatic N) is 3. The molecule has 4 heteroatoms. The standard InChI is InChI=1S/C14H18BrN3/c15-13-5-4-9-18-11-12(16-14(13)18)6-10-17-7-2-1-3-8-17/h4-5,9,11H,1-3,6-8,10H2. The molecule has 3 rings (SSSR count). The van der Waals surface area contributed by atoms with Crippen molar-refractivity contribution in [3.8, 4) is 0 Å². The van der Waals surface area contributed by atoms with Crippen LogP contribution in [0.25, 0.3) is 5.65 Å². The topological polar surface area (TPSA) is 20.5 Å². The number of piperidine rings is 1. The number of pyridine rings is 1. The van der Waals surface area contributed by atoms with Gasteiger partial charge in [0.15, 0.2) is 5.65 Å². The molecule has 1 saturated heterocycles. The lowest BCUT2D eigenvalue weighted by atomic mass is 10.1. The monoisotopic (exact) mass is 307 g/mol. The second-order valence-electron chi connectivity index (χ2n) is 4.97. The molecule has 0 aliphatic carbocycles. The van der Waals surface area contributed by atoms with E-state index in [1.807, 2.05) is 12.1 Å². The van der Waals surface area contributed by atoms with Gasteiger partial charge in [-0.3, -0.25) is 0 Å². The Morgan fingerprint density at radius 3 is 2.83 bits per heavy atom. The zero-order chi connectivity index (χ0) is 12.4. The predicted octanol–water partition coefficient (Wildman–Crippen LogP) is 3.13. The highest BCUT2D eigenvalue weighted by Crippen LogP contribution is 2.17. The fraction of sp³-hybridized carbons (Fsp3) is 0.500. The van der Waals surface area contributed by atoms with Crippen LogP contribution in [-0.2, 0) is 6.42 Å². The highest BCUT2D eigenvalue weighted by molar-refractivity contribution is 9.10. The first-order valence-electron chi connectivity index (χ1n) is 6.67. The minimum Gasteiger partial charge on any atom is -0.306 e. The molecule has 1 aliphatic rings. The molecule has 96 valence electrons. The number of rotatable bonds is 3. The van der Waals surface area contributed by atoms with E-state index in [1.165, 1.54) is 38.0 Å². The van der Waals surface area contributed by atoms with Crippen molar-refractivity contribution in [2.75, 3.05) is 19.6 Å². The summed E-state index contributed by atoms with van der Waals surface area (Å²) < 4.78 is 3.16. The minimum absolute atomic E-state index is 1.02. The summed E-state index contributed by atoms with van der Waals surface area (Å²) in [6.07, 6.45) is 9.36. The molecule has 0 atom stereocenters. The third kappa shape index (κ3) is 2.59. The smallest absolute Gasteiger partial charge is 0.151 e. The van der Waals surface area contributed by atoms with Crippen LogP contribution in [0.15, 0.2) is 29.0 Å². The number of aromatic nitrogens is 2. The summed E-state index contributed by atoms with van der Waals surface area (Å²) >= 11 is 3.54. The van der Waals surface area contributed by atoms with Crippen LogP contribution in [0.3, 0.4) is 0 Å². The normalized spacial score (nSPS) is 17.4. The van der Waals surface area contributed by atoms with Crippen LogP contribution in [0.5, 0.6) is 0 Å². The first kappa shape index (κ1) is 12.2. The van der Waals surface area contributed by atoms with E-state index in [4.69, 9.17) is 0 Å². The van der Waals surface area contributed by atoms with Crippen LogP contribution in [0.2, 0.25) is 0 Å². The maximum atomic E-state index is 4.69. The van der Waals surface area contributed by atoms with E-state index in [-0.39, 0.29) is 0 Å². The number of hydrogen-bond donors (Lipinski definition) is 0. The summed E-state index contributed by atoms with van der Waals surface area (Å²) in [5.41, 5.74) is 2.21. The summed E-state index contributed by atoms with van der Waals surface area (Å²) in [4.78, 5) is 7.24. The van der Waals surface area contributed by atoms with Gasteiger partial charge in [-0.05, 0) is 54.0 Å². The molecular weight excluding hydrogens is 290 g/mol. The number of halogens is 1. The molecule has 3 nitrogen and oxygen atoms in total. The predicted molar refractivity (Wildman–Crippen MR) is 76.9 cm³/mol. The first-order valence-corrected chi connectivity index (χ1v) is 7.47. The Morgan fingerprint density at radius 1 is 1.22 bits per heavy atom. The van der Waals surface area contributed by atoms with Crippen molar-refractivity contribution in [2.45, 2.75) is 25.7 Å². The zero-order valence-electron chi connectivity index (χ0n) is 10.5. The van der Waals surface area contributed by atoms with Crippen molar-refractivity contribution in [2.24, 2.45) is 0 Å². The average molecular weight is 308 g/mol. The second kappa shape index (κ2) is 5.41. The van der Waals surface area contributed by atoms with Gasteiger partial charge >= 0.3 is 0 Å². The molecule has 18 heavy (non-hydrogen) atoms. The van der Waals surface area contributed by atoms with Crippen molar-refractivity contribution in [3.05, 3.63) is 34.7 Å². The quantitative estimate of drug-likeness (QED) is 0.868. The highest BCUT2D eigenvalue weighted by Gasteiger charge is 2.11. The maximum absolute atomic E-state index is 4.69. The van der Waals surface area contributed by atoms with Gasteiger partial charge in [-0.25, -0.2) is 4.98 Å². The Hall–Kier alpha value is -0.870. The zero-order valence-corrected chi connectivity index (χ0v) is 12.1. The summed E-state index contributed by atoms with van der Waals surface area (Å²) in [6.45, 7) is 3.66. The van der Waals surface area contributed by atoms with Gasteiger partial charge in [0.25, 0.3) is 0 Å². The van der Waals surface area contributed by atoms with E-state index in [9.17, 15) is 0 Å². The van der Waals surface area contributed by atoms with Crippen LogP contribution in [0.1, 0.15) is 25.0 Å². The summed E-state index contributed by atoms with van der Waals surface area (Å²) in [5.74, 6) is 0. The molecule has 0 spiro atoms. The van der Waals surface area contributed by atoms with Crippen molar-refractivity contribution in [1.29, 1.82) is 0 Å². The Labute approximate surface area is 116 Å². The van der Waals surface area contributed by atoms with Gasteiger partial charge in [0.2, 0.25) is 0 Å². The Bertz CT molecular complexity index is 529. The van der Waals surface area contributed by atoms with Gasteiger partial charge in [-0.15, -0.1) is 0 Å². The van der Waals surface area contributed by atoms with Crippen LogP contribution < -0.4 is 0 Å². The fourth-order valence-electron chi connectivity index (χ4n) is 2.61. The third-order valence-corrected chi connectivity index (χ3v) is 4.24. The molecule has 1 aliphatic heterocycles. The van der Waals surface area contributed by atoms with E-state index in [1.54, 1.807) is 0 Å². The summed E-state index contributed by atoms with van der Waals surface area (Å²) in [5, 5.41) is 0. The molecule has 2 aromatic heterocycles. The molecule has 2 aromatic rings. The fourth-order valence-corrected chi connectivity index (χ4v) is 3.05. The lowest BCUT2D eigenvalue weighted by Crippen LogP contribution is -2.31. The Morgan fingerprint density at radius 2 is 2.06 bits per heavy atom.